The van der Waals surface area contributed by atoms with E-state index in [1.807, 2.05) is 13.8 Å². The van der Waals surface area contributed by atoms with Gasteiger partial charge in [0.05, 0.1) is 28.5 Å². The predicted octanol–water partition coefficient (Wildman–Crippen LogP) is 1.51. The lowest BCUT2D eigenvalue weighted by molar-refractivity contribution is -0.0440. The molecule has 2 rings (SSSR count). The lowest BCUT2D eigenvalue weighted by atomic mass is 10.2. The number of hydrogen-bond donors (Lipinski definition) is 1. The van der Waals surface area contributed by atoms with E-state index in [0.717, 1.165) is 0 Å². The Bertz CT molecular complexity index is 655. The normalized spacial score (nSPS) is 22.7. The van der Waals surface area contributed by atoms with Crippen LogP contribution in [0.2, 0.25) is 5.02 Å². The molecule has 0 bridgehead atoms. The van der Waals surface area contributed by atoms with Gasteiger partial charge in [-0.15, -0.1) is 0 Å². The van der Waals surface area contributed by atoms with Crippen LogP contribution in [0.3, 0.4) is 0 Å². The molecule has 0 aromatic heterocycles. The lowest BCUT2D eigenvalue weighted by Crippen LogP contribution is -2.49. The van der Waals surface area contributed by atoms with Crippen LogP contribution in [-0.2, 0) is 14.8 Å². The predicted molar refractivity (Wildman–Crippen MR) is 89.2 cm³/mol. The molecule has 1 heterocycles. The van der Waals surface area contributed by atoms with Crippen LogP contribution in [0.5, 0.6) is 0 Å². The lowest BCUT2D eigenvalue weighted by Gasteiger charge is -2.34. The summed E-state index contributed by atoms with van der Waals surface area (Å²) in [6.07, 6.45) is -0.266. The van der Waals surface area contributed by atoms with Crippen molar-refractivity contribution in [3.8, 4) is 0 Å². The third kappa shape index (κ3) is 4.91. The summed E-state index contributed by atoms with van der Waals surface area (Å²) < 4.78 is 31.7. The molecule has 1 amide bonds. The number of sulfonamides is 1. The minimum Gasteiger partial charge on any atom is -0.373 e. The second-order valence-corrected chi connectivity index (χ2v) is 8.12. The second kappa shape index (κ2) is 7.61. The highest BCUT2D eigenvalue weighted by atomic mass is 35.5. The molecule has 0 saturated carbocycles. The number of rotatable bonds is 5. The minimum atomic E-state index is -3.43. The van der Waals surface area contributed by atoms with E-state index in [0.29, 0.717) is 23.7 Å². The standard InChI is InChI=1S/C15H21ClN2O4S/c1-11-9-18(10-12(2)22-11)23(20,21)8-7-17-15(19)13-5-3-4-6-14(13)16/h3-6,11-12H,7-10H2,1-2H3,(H,17,19)/t11-,12-/m0/s1. The van der Waals surface area contributed by atoms with Crippen molar-refractivity contribution < 1.29 is 17.9 Å². The fourth-order valence-electron chi connectivity index (χ4n) is 2.52. The van der Waals surface area contributed by atoms with Crippen LogP contribution in [0, 0.1) is 0 Å². The Morgan fingerprint density at radius 2 is 1.91 bits per heavy atom. The average molecular weight is 361 g/mol. The maximum Gasteiger partial charge on any atom is 0.252 e. The highest BCUT2D eigenvalue weighted by Crippen LogP contribution is 2.16. The van der Waals surface area contributed by atoms with Gasteiger partial charge in [-0.1, -0.05) is 23.7 Å². The van der Waals surface area contributed by atoms with Gasteiger partial charge in [0.15, 0.2) is 0 Å². The summed E-state index contributed by atoms with van der Waals surface area (Å²) in [6.45, 7) is 4.40. The van der Waals surface area contributed by atoms with E-state index in [1.165, 1.54) is 4.31 Å². The van der Waals surface area contributed by atoms with Crippen molar-refractivity contribution in [2.75, 3.05) is 25.4 Å². The van der Waals surface area contributed by atoms with E-state index in [-0.39, 0.29) is 30.4 Å². The zero-order chi connectivity index (χ0) is 17.0. The smallest absolute Gasteiger partial charge is 0.252 e. The van der Waals surface area contributed by atoms with E-state index in [2.05, 4.69) is 5.32 Å². The number of nitrogens with one attached hydrogen (secondary N) is 1. The number of carbonyl (C=O) groups excluding carboxylic acids is 1. The van der Waals surface area contributed by atoms with Crippen molar-refractivity contribution in [1.29, 1.82) is 0 Å². The van der Waals surface area contributed by atoms with E-state index in [1.54, 1.807) is 24.3 Å². The quantitative estimate of drug-likeness (QED) is 0.863. The third-order valence-corrected chi connectivity index (χ3v) is 5.68. The van der Waals surface area contributed by atoms with Gasteiger partial charge in [0.2, 0.25) is 10.0 Å². The largest absolute Gasteiger partial charge is 0.373 e. The molecule has 1 N–H and O–H groups in total. The summed E-state index contributed by atoms with van der Waals surface area (Å²) in [6, 6.07) is 6.64. The molecule has 0 unspecified atom stereocenters. The van der Waals surface area contributed by atoms with Crippen LogP contribution < -0.4 is 5.32 Å². The molecule has 1 aliphatic rings. The van der Waals surface area contributed by atoms with Crippen LogP contribution in [-0.4, -0.2) is 56.2 Å². The molecule has 1 aromatic carbocycles. The van der Waals surface area contributed by atoms with Gasteiger partial charge in [-0.2, -0.15) is 4.31 Å². The van der Waals surface area contributed by atoms with Crippen molar-refractivity contribution in [3.05, 3.63) is 34.9 Å². The summed E-state index contributed by atoms with van der Waals surface area (Å²) in [4.78, 5) is 12.0. The zero-order valence-electron chi connectivity index (χ0n) is 13.2. The van der Waals surface area contributed by atoms with Gasteiger partial charge < -0.3 is 10.1 Å². The van der Waals surface area contributed by atoms with E-state index >= 15 is 0 Å². The molecule has 23 heavy (non-hydrogen) atoms. The van der Waals surface area contributed by atoms with Crippen LogP contribution in [0.15, 0.2) is 24.3 Å². The molecule has 1 saturated heterocycles. The first-order chi connectivity index (χ1) is 10.8. The fourth-order valence-corrected chi connectivity index (χ4v) is 4.23. The Labute approximate surface area is 141 Å². The second-order valence-electron chi connectivity index (χ2n) is 5.63. The maximum atomic E-state index is 12.4. The van der Waals surface area contributed by atoms with E-state index in [9.17, 15) is 13.2 Å². The number of carbonyl (C=O) groups is 1. The van der Waals surface area contributed by atoms with Gasteiger partial charge in [0.1, 0.15) is 0 Å². The number of ether oxygens (including phenoxy) is 1. The molecular weight excluding hydrogens is 340 g/mol. The van der Waals surface area contributed by atoms with Crippen molar-refractivity contribution in [2.24, 2.45) is 0 Å². The molecule has 2 atom stereocenters. The molecule has 8 heteroatoms. The molecule has 1 fully saturated rings. The van der Waals surface area contributed by atoms with Crippen LogP contribution in [0.4, 0.5) is 0 Å². The third-order valence-electron chi connectivity index (χ3n) is 3.54. The topological polar surface area (TPSA) is 75.7 Å². The highest BCUT2D eigenvalue weighted by molar-refractivity contribution is 7.89. The summed E-state index contributed by atoms with van der Waals surface area (Å²) >= 11 is 5.94. The molecule has 1 aromatic rings. The van der Waals surface area contributed by atoms with Gasteiger partial charge in [-0.05, 0) is 26.0 Å². The van der Waals surface area contributed by atoms with Gasteiger partial charge >= 0.3 is 0 Å². The SMILES string of the molecule is C[C@H]1CN(S(=O)(=O)CCNC(=O)c2ccccc2Cl)C[C@H](C)O1. The Kier molecular flexibility index (Phi) is 6.02. The Morgan fingerprint density at radius 3 is 2.52 bits per heavy atom. The van der Waals surface area contributed by atoms with Crippen molar-refractivity contribution in [1.82, 2.24) is 9.62 Å². The number of amides is 1. The number of morpholine rings is 1. The highest BCUT2D eigenvalue weighted by Gasteiger charge is 2.30. The van der Waals surface area contributed by atoms with Crippen molar-refractivity contribution in [3.63, 3.8) is 0 Å². The van der Waals surface area contributed by atoms with Crippen molar-refractivity contribution >= 4 is 27.5 Å². The number of nitrogens with zero attached hydrogens (tertiary/aromatic N) is 1. The summed E-state index contributed by atoms with van der Waals surface area (Å²) in [7, 11) is -3.43. The molecular formula is C15H21ClN2O4S. The maximum absolute atomic E-state index is 12.4. The number of benzene rings is 1. The summed E-state index contributed by atoms with van der Waals surface area (Å²) in [5.74, 6) is -0.530. The molecule has 0 aliphatic carbocycles. The first-order valence-corrected chi connectivity index (χ1v) is 9.44. The molecule has 0 spiro atoms. The molecule has 128 valence electrons. The van der Waals surface area contributed by atoms with E-state index in [4.69, 9.17) is 16.3 Å². The average Bonchev–Trinajstić information content (AvgIpc) is 2.46. The monoisotopic (exact) mass is 360 g/mol. The molecule has 6 nitrogen and oxygen atoms in total. The Morgan fingerprint density at radius 1 is 1.30 bits per heavy atom. The number of halogens is 1. The van der Waals surface area contributed by atoms with Gasteiger partial charge in [0, 0.05) is 19.6 Å². The van der Waals surface area contributed by atoms with Crippen LogP contribution in [0.25, 0.3) is 0 Å². The Balaban J connectivity index is 1.90. The zero-order valence-corrected chi connectivity index (χ0v) is 14.7. The fraction of sp³-hybridized carbons (Fsp3) is 0.533. The summed E-state index contributed by atoms with van der Waals surface area (Å²) in [5.41, 5.74) is 0.334. The van der Waals surface area contributed by atoms with Crippen LogP contribution >= 0.6 is 11.6 Å². The van der Waals surface area contributed by atoms with Gasteiger partial charge in [-0.3, -0.25) is 4.79 Å². The van der Waals surface area contributed by atoms with E-state index < -0.39 is 10.0 Å². The first-order valence-electron chi connectivity index (χ1n) is 7.45. The number of hydrogen-bond acceptors (Lipinski definition) is 4. The van der Waals surface area contributed by atoms with Crippen molar-refractivity contribution in [2.45, 2.75) is 26.1 Å². The van der Waals surface area contributed by atoms with Gasteiger partial charge in [-0.25, -0.2) is 8.42 Å². The minimum absolute atomic E-state index is 0.0342. The Hall–Kier alpha value is -1.15. The van der Waals surface area contributed by atoms with Gasteiger partial charge in [0.25, 0.3) is 5.91 Å². The molecule has 1 aliphatic heterocycles. The molecule has 0 radical (unpaired) electrons. The summed E-state index contributed by atoms with van der Waals surface area (Å²) in [5, 5.41) is 2.93. The van der Waals surface area contributed by atoms with Crippen LogP contribution in [0.1, 0.15) is 24.2 Å². The first kappa shape index (κ1) is 18.2.